The van der Waals surface area contributed by atoms with Crippen LogP contribution in [0, 0.1) is 0 Å². The van der Waals surface area contributed by atoms with Crippen LogP contribution in [0.5, 0.6) is 5.75 Å². The maximum absolute atomic E-state index is 10.5. The number of phenols is 1. The summed E-state index contributed by atoms with van der Waals surface area (Å²) in [6.45, 7) is 2.17. The van der Waals surface area contributed by atoms with E-state index in [0.29, 0.717) is 18.7 Å². The number of carbonyl (C=O) groups excluding carboxylic acids is 1. The number of rotatable bonds is 4. The second kappa shape index (κ2) is 4.47. The number of hydrogen-bond acceptors (Lipinski definition) is 3. The molecule has 1 aromatic rings. The first kappa shape index (κ1) is 9.54. The summed E-state index contributed by atoms with van der Waals surface area (Å²) in [6.07, 6.45) is 0.554. The lowest BCUT2D eigenvalue weighted by molar-refractivity contribution is -0.113. The summed E-state index contributed by atoms with van der Waals surface area (Å²) in [4.78, 5) is 15.5. The highest BCUT2D eigenvalue weighted by Crippen LogP contribution is 2.18. The average molecular weight is 181 g/mol. The summed E-state index contributed by atoms with van der Waals surface area (Å²) in [5, 5.41) is 10.2. The van der Waals surface area contributed by atoms with Crippen LogP contribution in [0.15, 0.2) is 24.3 Å². The van der Waals surface area contributed by atoms with Gasteiger partial charge in [-0.2, -0.15) is 5.06 Å². The lowest BCUT2D eigenvalue weighted by Crippen LogP contribution is -2.20. The monoisotopic (exact) mass is 181 g/mol. The molecule has 1 rings (SSSR count). The number of benzene rings is 1. The van der Waals surface area contributed by atoms with Crippen molar-refractivity contribution in [2.75, 3.05) is 11.7 Å². The van der Waals surface area contributed by atoms with Crippen molar-refractivity contribution in [3.63, 3.8) is 0 Å². The zero-order chi connectivity index (χ0) is 9.68. The number of amides is 1. The molecule has 0 aliphatic carbocycles. The van der Waals surface area contributed by atoms with Crippen molar-refractivity contribution >= 4 is 12.1 Å². The fraction of sp³-hybridized carbons (Fsp3) is 0.222. The summed E-state index contributed by atoms with van der Waals surface area (Å²) < 4.78 is 0. The van der Waals surface area contributed by atoms with Gasteiger partial charge in [0.05, 0.1) is 12.3 Å². The molecule has 0 spiro atoms. The van der Waals surface area contributed by atoms with Crippen molar-refractivity contribution in [1.29, 1.82) is 0 Å². The molecule has 0 fully saturated rings. The second-order valence-electron chi connectivity index (χ2n) is 2.37. The molecule has 0 aliphatic rings. The van der Waals surface area contributed by atoms with E-state index in [4.69, 9.17) is 9.94 Å². The molecule has 4 nitrogen and oxygen atoms in total. The van der Waals surface area contributed by atoms with Gasteiger partial charge in [0.2, 0.25) is 6.41 Å². The number of carbonyl (C=O) groups is 1. The molecule has 1 N–H and O–H groups in total. The predicted molar refractivity (Wildman–Crippen MR) is 48.3 cm³/mol. The van der Waals surface area contributed by atoms with Crippen LogP contribution in [0.1, 0.15) is 6.92 Å². The van der Waals surface area contributed by atoms with Gasteiger partial charge in [-0.25, -0.2) is 0 Å². The lowest BCUT2D eigenvalue weighted by atomic mass is 10.3. The minimum absolute atomic E-state index is 0.101. The minimum atomic E-state index is 0.101. The Kier molecular flexibility index (Phi) is 3.28. The highest BCUT2D eigenvalue weighted by Gasteiger charge is 2.04. The van der Waals surface area contributed by atoms with E-state index in [1.165, 1.54) is 12.1 Å². The Morgan fingerprint density at radius 3 is 2.92 bits per heavy atom. The zero-order valence-electron chi connectivity index (χ0n) is 7.30. The van der Waals surface area contributed by atoms with E-state index in [1.54, 1.807) is 19.1 Å². The Balaban J connectivity index is 2.84. The molecule has 0 bridgehead atoms. The van der Waals surface area contributed by atoms with Gasteiger partial charge in [0.15, 0.2) is 0 Å². The van der Waals surface area contributed by atoms with Crippen molar-refractivity contribution in [3.8, 4) is 5.75 Å². The van der Waals surface area contributed by atoms with Crippen molar-refractivity contribution < 1.29 is 14.7 Å². The van der Waals surface area contributed by atoms with Crippen LogP contribution >= 0.6 is 0 Å². The van der Waals surface area contributed by atoms with E-state index in [2.05, 4.69) is 0 Å². The molecule has 0 atom stereocenters. The van der Waals surface area contributed by atoms with Crippen molar-refractivity contribution in [1.82, 2.24) is 0 Å². The maximum Gasteiger partial charge on any atom is 0.238 e. The summed E-state index contributed by atoms with van der Waals surface area (Å²) in [7, 11) is 0. The minimum Gasteiger partial charge on any atom is -0.508 e. The van der Waals surface area contributed by atoms with Crippen molar-refractivity contribution in [2.24, 2.45) is 0 Å². The molecular formula is C9H11NO3. The predicted octanol–water partition coefficient (Wildman–Crippen LogP) is 1.31. The number of nitrogens with zero attached hydrogens (tertiary/aromatic N) is 1. The van der Waals surface area contributed by atoms with Gasteiger partial charge in [0.1, 0.15) is 5.75 Å². The fourth-order valence-electron chi connectivity index (χ4n) is 0.935. The molecule has 4 heteroatoms. The molecule has 13 heavy (non-hydrogen) atoms. The third-order valence-electron chi connectivity index (χ3n) is 1.45. The Morgan fingerprint density at radius 1 is 1.62 bits per heavy atom. The molecule has 1 aromatic carbocycles. The van der Waals surface area contributed by atoms with E-state index < -0.39 is 0 Å². The molecule has 0 heterocycles. The maximum atomic E-state index is 10.5. The van der Waals surface area contributed by atoms with Gasteiger partial charge in [-0.05, 0) is 19.1 Å². The van der Waals surface area contributed by atoms with Crippen LogP contribution in [-0.2, 0) is 9.63 Å². The van der Waals surface area contributed by atoms with E-state index in [9.17, 15) is 4.79 Å². The fourth-order valence-corrected chi connectivity index (χ4v) is 0.935. The highest BCUT2D eigenvalue weighted by molar-refractivity contribution is 5.72. The van der Waals surface area contributed by atoms with Gasteiger partial charge in [-0.15, -0.1) is 0 Å². The molecule has 0 saturated heterocycles. The van der Waals surface area contributed by atoms with Gasteiger partial charge in [-0.3, -0.25) is 9.63 Å². The third-order valence-corrected chi connectivity index (χ3v) is 1.45. The highest BCUT2D eigenvalue weighted by atomic mass is 16.7. The van der Waals surface area contributed by atoms with Crippen LogP contribution in [0.3, 0.4) is 0 Å². The van der Waals surface area contributed by atoms with Gasteiger partial charge in [0, 0.05) is 6.07 Å². The lowest BCUT2D eigenvalue weighted by Gasteiger charge is -2.15. The van der Waals surface area contributed by atoms with Gasteiger partial charge in [-0.1, -0.05) is 6.07 Å². The van der Waals surface area contributed by atoms with E-state index >= 15 is 0 Å². The normalized spacial score (nSPS) is 9.62. The smallest absolute Gasteiger partial charge is 0.238 e. The molecule has 0 saturated carbocycles. The molecular weight excluding hydrogens is 170 g/mol. The zero-order valence-corrected chi connectivity index (χ0v) is 7.30. The summed E-state index contributed by atoms with van der Waals surface area (Å²) in [5.41, 5.74) is 0.511. The second-order valence-corrected chi connectivity index (χ2v) is 2.37. The van der Waals surface area contributed by atoms with Gasteiger partial charge >= 0.3 is 0 Å². The Labute approximate surface area is 76.3 Å². The van der Waals surface area contributed by atoms with Crippen molar-refractivity contribution in [3.05, 3.63) is 24.3 Å². The van der Waals surface area contributed by atoms with Crippen molar-refractivity contribution in [2.45, 2.75) is 6.92 Å². The Bertz CT molecular complexity index is 288. The number of aromatic hydroxyl groups is 1. The SMILES string of the molecule is CCON(C=O)c1cccc(O)c1. The van der Waals surface area contributed by atoms with Crippen LogP contribution in [0.25, 0.3) is 0 Å². The Hall–Kier alpha value is -1.55. The molecule has 1 amide bonds. The van der Waals surface area contributed by atoms with Gasteiger partial charge < -0.3 is 5.11 Å². The van der Waals surface area contributed by atoms with Crippen LogP contribution < -0.4 is 5.06 Å². The number of phenolic OH excluding ortho intramolecular Hbond substituents is 1. The third kappa shape index (κ3) is 2.45. The first-order chi connectivity index (χ1) is 6.27. The van der Waals surface area contributed by atoms with E-state index in [1.807, 2.05) is 0 Å². The largest absolute Gasteiger partial charge is 0.508 e. The molecule has 0 unspecified atom stereocenters. The summed E-state index contributed by atoms with van der Waals surface area (Å²) in [5.74, 6) is 0.101. The van der Waals surface area contributed by atoms with E-state index in [-0.39, 0.29) is 5.75 Å². The topological polar surface area (TPSA) is 49.8 Å². The molecule has 0 aliphatic heterocycles. The Morgan fingerprint density at radius 2 is 2.38 bits per heavy atom. The number of hydroxylamine groups is 1. The van der Waals surface area contributed by atoms with Crippen LogP contribution in [0.4, 0.5) is 5.69 Å². The van der Waals surface area contributed by atoms with Gasteiger partial charge in [0.25, 0.3) is 0 Å². The first-order valence-corrected chi connectivity index (χ1v) is 3.94. The number of hydrogen-bond donors (Lipinski definition) is 1. The standard InChI is InChI=1S/C9H11NO3/c1-2-13-10(7-11)8-4-3-5-9(12)6-8/h3-7,12H,2H2,1H3. The molecule has 0 radical (unpaired) electrons. The van der Waals surface area contributed by atoms with E-state index in [0.717, 1.165) is 5.06 Å². The van der Waals surface area contributed by atoms with Crippen LogP contribution in [0.2, 0.25) is 0 Å². The van der Waals surface area contributed by atoms with Crippen LogP contribution in [-0.4, -0.2) is 18.1 Å². The number of anilines is 1. The first-order valence-electron chi connectivity index (χ1n) is 3.94. The molecule has 70 valence electrons. The average Bonchev–Trinajstić information content (AvgIpc) is 2.14. The summed E-state index contributed by atoms with van der Waals surface area (Å²) >= 11 is 0. The molecule has 0 aromatic heterocycles. The summed E-state index contributed by atoms with van der Waals surface area (Å²) in [6, 6.07) is 6.28. The quantitative estimate of drug-likeness (QED) is 0.562.